The van der Waals surface area contributed by atoms with Crippen LogP contribution >= 0.6 is 11.6 Å². The van der Waals surface area contributed by atoms with Crippen molar-refractivity contribution in [1.82, 2.24) is 0 Å². The molecule has 1 atom stereocenters. The quantitative estimate of drug-likeness (QED) is 0.805. The van der Waals surface area contributed by atoms with Gasteiger partial charge in [0, 0.05) is 5.02 Å². The summed E-state index contributed by atoms with van der Waals surface area (Å²) < 4.78 is 0. The average Bonchev–Trinajstić information content (AvgIpc) is 2.47. The van der Waals surface area contributed by atoms with Gasteiger partial charge in [0.15, 0.2) is 0 Å². The normalized spacial score (nSPS) is 13.2. The van der Waals surface area contributed by atoms with Gasteiger partial charge in [0.05, 0.1) is 6.04 Å². The first-order valence-electron chi connectivity index (χ1n) is 7.47. The Kier molecular flexibility index (Phi) is 4.75. The van der Waals surface area contributed by atoms with Gasteiger partial charge in [0.25, 0.3) is 0 Å². The van der Waals surface area contributed by atoms with E-state index < -0.39 is 0 Å². The van der Waals surface area contributed by atoms with Crippen LogP contribution in [0.1, 0.15) is 55.5 Å². The number of hydrogen-bond donors (Lipinski definition) is 1. The van der Waals surface area contributed by atoms with Crippen molar-refractivity contribution < 1.29 is 0 Å². The second kappa shape index (κ2) is 6.21. The van der Waals surface area contributed by atoms with Crippen molar-refractivity contribution in [3.05, 3.63) is 69.7 Å². The van der Waals surface area contributed by atoms with Crippen LogP contribution in [-0.2, 0) is 5.41 Å². The molecular weight excluding hydrogens is 278 g/mol. The molecule has 2 rings (SSSR count). The predicted molar refractivity (Wildman–Crippen MR) is 92.0 cm³/mol. The van der Waals surface area contributed by atoms with Crippen molar-refractivity contribution in [2.75, 3.05) is 0 Å². The van der Waals surface area contributed by atoms with E-state index in [9.17, 15) is 0 Å². The number of hydrogen-bond acceptors (Lipinski definition) is 1. The van der Waals surface area contributed by atoms with E-state index in [0.29, 0.717) is 0 Å². The third kappa shape index (κ3) is 3.48. The highest BCUT2D eigenvalue weighted by atomic mass is 35.5. The molecule has 0 heterocycles. The molecule has 1 nitrogen and oxygen atoms in total. The van der Waals surface area contributed by atoms with E-state index >= 15 is 0 Å². The third-order valence-corrected chi connectivity index (χ3v) is 4.75. The summed E-state index contributed by atoms with van der Waals surface area (Å²) in [7, 11) is 0. The van der Waals surface area contributed by atoms with Crippen molar-refractivity contribution in [2.45, 2.75) is 45.6 Å². The smallest absolute Gasteiger partial charge is 0.0566 e. The van der Waals surface area contributed by atoms with E-state index in [1.165, 1.54) is 5.56 Å². The van der Waals surface area contributed by atoms with Crippen LogP contribution in [0.5, 0.6) is 0 Å². The SMILES string of the molecule is CCC(C)(C)c1ccc(C(N)c2ccc(C)cc2Cl)cc1. The maximum atomic E-state index is 6.37. The lowest BCUT2D eigenvalue weighted by Crippen LogP contribution is -2.16. The molecule has 0 amide bonds. The molecule has 0 radical (unpaired) electrons. The molecule has 0 fully saturated rings. The van der Waals surface area contributed by atoms with E-state index in [1.807, 2.05) is 19.1 Å². The van der Waals surface area contributed by atoms with Gasteiger partial charge < -0.3 is 5.73 Å². The van der Waals surface area contributed by atoms with Gasteiger partial charge in [0.2, 0.25) is 0 Å². The van der Waals surface area contributed by atoms with Crippen LogP contribution in [0, 0.1) is 6.92 Å². The third-order valence-electron chi connectivity index (χ3n) is 4.43. The Morgan fingerprint density at radius 1 is 1.10 bits per heavy atom. The molecule has 0 saturated carbocycles. The van der Waals surface area contributed by atoms with E-state index in [1.54, 1.807) is 0 Å². The first kappa shape index (κ1) is 16.1. The Morgan fingerprint density at radius 2 is 1.71 bits per heavy atom. The van der Waals surface area contributed by atoms with E-state index in [2.05, 4.69) is 51.1 Å². The summed E-state index contributed by atoms with van der Waals surface area (Å²) in [5.74, 6) is 0. The molecule has 2 aromatic carbocycles. The molecule has 0 saturated heterocycles. The van der Waals surface area contributed by atoms with Gasteiger partial charge in [-0.3, -0.25) is 0 Å². The fourth-order valence-corrected chi connectivity index (χ4v) is 2.76. The summed E-state index contributed by atoms with van der Waals surface area (Å²) in [6, 6.07) is 14.5. The minimum absolute atomic E-state index is 0.183. The number of nitrogens with two attached hydrogens (primary N) is 1. The fraction of sp³-hybridized carbons (Fsp3) is 0.368. The minimum atomic E-state index is -0.183. The maximum absolute atomic E-state index is 6.37. The number of halogens is 1. The molecule has 0 aliphatic heterocycles. The monoisotopic (exact) mass is 301 g/mol. The van der Waals surface area contributed by atoms with E-state index in [-0.39, 0.29) is 11.5 Å². The molecule has 0 bridgehead atoms. The topological polar surface area (TPSA) is 26.0 Å². The van der Waals surface area contributed by atoms with Crippen LogP contribution in [-0.4, -0.2) is 0 Å². The summed E-state index contributed by atoms with van der Waals surface area (Å²) in [6.07, 6.45) is 1.11. The average molecular weight is 302 g/mol. The van der Waals surface area contributed by atoms with Crippen molar-refractivity contribution in [1.29, 1.82) is 0 Å². The largest absolute Gasteiger partial charge is 0.320 e. The van der Waals surface area contributed by atoms with Crippen LogP contribution in [0.3, 0.4) is 0 Å². The Morgan fingerprint density at radius 3 is 2.24 bits per heavy atom. The highest BCUT2D eigenvalue weighted by Gasteiger charge is 2.19. The summed E-state index contributed by atoms with van der Waals surface area (Å²) >= 11 is 6.32. The highest BCUT2D eigenvalue weighted by molar-refractivity contribution is 6.31. The Labute approximate surface area is 133 Å². The molecule has 2 N–H and O–H groups in total. The predicted octanol–water partition coefficient (Wildman–Crippen LogP) is 5.38. The Hall–Kier alpha value is -1.31. The van der Waals surface area contributed by atoms with Crippen LogP contribution in [0.4, 0.5) is 0 Å². The summed E-state index contributed by atoms with van der Waals surface area (Å²) in [4.78, 5) is 0. The minimum Gasteiger partial charge on any atom is -0.320 e. The summed E-state index contributed by atoms with van der Waals surface area (Å²) in [5, 5.41) is 0.737. The van der Waals surface area contributed by atoms with Crippen LogP contribution in [0.25, 0.3) is 0 Å². The van der Waals surface area contributed by atoms with Crippen molar-refractivity contribution >= 4 is 11.6 Å². The lowest BCUT2D eigenvalue weighted by molar-refractivity contribution is 0.506. The first-order chi connectivity index (χ1) is 9.85. The fourth-order valence-electron chi connectivity index (χ4n) is 2.41. The molecule has 1 unspecified atom stereocenters. The van der Waals surface area contributed by atoms with Crippen molar-refractivity contribution in [2.24, 2.45) is 5.73 Å². The standard InChI is InChI=1S/C19H24ClN/c1-5-19(3,4)15-9-7-14(8-10-15)18(21)16-11-6-13(2)12-17(16)20/h6-12,18H,5,21H2,1-4H3. The molecule has 0 aliphatic rings. The van der Waals surface area contributed by atoms with Crippen molar-refractivity contribution in [3.63, 3.8) is 0 Å². The molecule has 0 spiro atoms. The van der Waals surface area contributed by atoms with Gasteiger partial charge in [-0.15, -0.1) is 0 Å². The molecule has 0 aromatic heterocycles. The first-order valence-corrected chi connectivity index (χ1v) is 7.85. The van der Waals surface area contributed by atoms with Crippen LogP contribution < -0.4 is 5.73 Å². The number of rotatable bonds is 4. The van der Waals surface area contributed by atoms with Crippen LogP contribution in [0.2, 0.25) is 5.02 Å². The molecular formula is C19H24ClN. The molecule has 2 aromatic rings. The van der Waals surface area contributed by atoms with Gasteiger partial charge in [-0.1, -0.05) is 68.8 Å². The van der Waals surface area contributed by atoms with E-state index in [0.717, 1.165) is 28.1 Å². The van der Waals surface area contributed by atoms with E-state index in [4.69, 9.17) is 17.3 Å². The lowest BCUT2D eigenvalue weighted by atomic mass is 9.81. The van der Waals surface area contributed by atoms with Crippen LogP contribution in [0.15, 0.2) is 42.5 Å². The second-order valence-corrected chi connectivity index (χ2v) is 6.77. The molecule has 112 valence electrons. The summed E-state index contributed by atoms with van der Waals surface area (Å²) in [6.45, 7) is 8.77. The maximum Gasteiger partial charge on any atom is 0.0566 e. The Balaban J connectivity index is 2.30. The van der Waals surface area contributed by atoms with Gasteiger partial charge in [0.1, 0.15) is 0 Å². The van der Waals surface area contributed by atoms with Gasteiger partial charge in [-0.25, -0.2) is 0 Å². The second-order valence-electron chi connectivity index (χ2n) is 6.36. The number of aryl methyl sites for hydroxylation is 1. The van der Waals surface area contributed by atoms with Gasteiger partial charge >= 0.3 is 0 Å². The summed E-state index contributed by atoms with van der Waals surface area (Å²) in [5.41, 5.74) is 11.1. The molecule has 21 heavy (non-hydrogen) atoms. The number of benzene rings is 2. The zero-order valence-corrected chi connectivity index (χ0v) is 14.0. The molecule has 2 heteroatoms. The lowest BCUT2D eigenvalue weighted by Gasteiger charge is -2.24. The van der Waals surface area contributed by atoms with Gasteiger partial charge in [-0.2, -0.15) is 0 Å². The molecule has 0 aliphatic carbocycles. The van der Waals surface area contributed by atoms with Gasteiger partial charge in [-0.05, 0) is 47.1 Å². The Bertz CT molecular complexity index is 614. The highest BCUT2D eigenvalue weighted by Crippen LogP contribution is 2.30. The zero-order chi connectivity index (χ0) is 15.6. The zero-order valence-electron chi connectivity index (χ0n) is 13.3. The van der Waals surface area contributed by atoms with Crippen molar-refractivity contribution in [3.8, 4) is 0 Å².